The first-order chi connectivity index (χ1) is 9.17. The Morgan fingerprint density at radius 1 is 1.32 bits per heavy atom. The lowest BCUT2D eigenvalue weighted by molar-refractivity contribution is 0.175. The van der Waals surface area contributed by atoms with E-state index < -0.39 is 0 Å². The van der Waals surface area contributed by atoms with E-state index in [4.69, 9.17) is 0 Å². The number of benzene rings is 1. The van der Waals surface area contributed by atoms with Gasteiger partial charge in [-0.15, -0.1) is 0 Å². The largest absolute Gasteiger partial charge is 0.317 e. The van der Waals surface area contributed by atoms with Crippen LogP contribution in [-0.2, 0) is 6.54 Å². The number of rotatable bonds is 5. The fourth-order valence-corrected chi connectivity index (χ4v) is 3.17. The van der Waals surface area contributed by atoms with Gasteiger partial charge in [0.15, 0.2) is 0 Å². The third-order valence-corrected chi connectivity index (χ3v) is 4.18. The van der Waals surface area contributed by atoms with Crippen LogP contribution in [0.1, 0.15) is 25.3 Å². The average molecular weight is 329 g/mol. The fourth-order valence-electron chi connectivity index (χ4n) is 2.66. The summed E-state index contributed by atoms with van der Waals surface area (Å²) in [6.45, 7) is 7.42. The van der Waals surface area contributed by atoms with Crippen molar-refractivity contribution in [1.82, 2.24) is 10.2 Å². The molecule has 0 atom stereocenters. The molecule has 4 heteroatoms. The van der Waals surface area contributed by atoms with Gasteiger partial charge in [-0.2, -0.15) is 0 Å². The van der Waals surface area contributed by atoms with E-state index >= 15 is 0 Å². The molecule has 0 amide bonds. The first-order valence-corrected chi connectivity index (χ1v) is 7.84. The number of hydrogen-bond acceptors (Lipinski definition) is 2. The zero-order valence-electron chi connectivity index (χ0n) is 11.5. The van der Waals surface area contributed by atoms with E-state index in [-0.39, 0.29) is 5.82 Å². The minimum Gasteiger partial charge on any atom is -0.317 e. The zero-order chi connectivity index (χ0) is 13.7. The van der Waals surface area contributed by atoms with Gasteiger partial charge in [-0.05, 0) is 68.7 Å². The maximum Gasteiger partial charge on any atom is 0.124 e. The maximum atomic E-state index is 13.3. The molecule has 106 valence electrons. The van der Waals surface area contributed by atoms with Crippen molar-refractivity contribution in [3.8, 4) is 0 Å². The van der Waals surface area contributed by atoms with E-state index in [1.165, 1.54) is 18.9 Å². The summed E-state index contributed by atoms with van der Waals surface area (Å²) in [6, 6.07) is 5.15. The van der Waals surface area contributed by atoms with Gasteiger partial charge in [-0.1, -0.05) is 22.9 Å². The van der Waals surface area contributed by atoms with Crippen LogP contribution in [0, 0.1) is 11.7 Å². The molecule has 0 aromatic heterocycles. The highest BCUT2D eigenvalue weighted by Gasteiger charge is 2.18. The van der Waals surface area contributed by atoms with Crippen LogP contribution in [0.15, 0.2) is 22.7 Å². The van der Waals surface area contributed by atoms with Gasteiger partial charge in [0.1, 0.15) is 5.82 Å². The van der Waals surface area contributed by atoms with Gasteiger partial charge in [0.05, 0.1) is 0 Å². The lowest BCUT2D eigenvalue weighted by Gasteiger charge is -2.32. The number of nitrogens with one attached hydrogen (secondary N) is 1. The number of nitrogens with zero attached hydrogens (tertiary/aromatic N) is 1. The summed E-state index contributed by atoms with van der Waals surface area (Å²) in [7, 11) is 0. The minimum absolute atomic E-state index is 0.161. The molecule has 0 radical (unpaired) electrons. The van der Waals surface area contributed by atoms with Gasteiger partial charge in [-0.25, -0.2) is 4.39 Å². The van der Waals surface area contributed by atoms with Gasteiger partial charge < -0.3 is 5.32 Å². The molecule has 2 rings (SSSR count). The SMILES string of the molecule is CCNCC1CCN(Cc2cc(F)cc(Br)c2)CC1. The molecule has 1 N–H and O–H groups in total. The molecule has 1 saturated heterocycles. The summed E-state index contributed by atoms with van der Waals surface area (Å²) in [5, 5.41) is 3.42. The number of hydrogen-bond donors (Lipinski definition) is 1. The summed E-state index contributed by atoms with van der Waals surface area (Å²) in [5.41, 5.74) is 1.05. The third-order valence-electron chi connectivity index (χ3n) is 3.72. The van der Waals surface area contributed by atoms with Crippen molar-refractivity contribution in [2.45, 2.75) is 26.3 Å². The van der Waals surface area contributed by atoms with Crippen molar-refractivity contribution < 1.29 is 4.39 Å². The molecule has 1 fully saturated rings. The molecule has 0 spiro atoms. The Morgan fingerprint density at radius 3 is 2.68 bits per heavy atom. The number of halogens is 2. The van der Waals surface area contributed by atoms with Gasteiger partial charge >= 0.3 is 0 Å². The molecule has 19 heavy (non-hydrogen) atoms. The van der Waals surface area contributed by atoms with Crippen LogP contribution in [0.5, 0.6) is 0 Å². The lowest BCUT2D eigenvalue weighted by atomic mass is 9.96. The van der Waals surface area contributed by atoms with Crippen LogP contribution in [0.4, 0.5) is 4.39 Å². The van der Waals surface area contributed by atoms with Crippen LogP contribution in [0.2, 0.25) is 0 Å². The van der Waals surface area contributed by atoms with E-state index in [9.17, 15) is 4.39 Å². The molecule has 1 aliphatic rings. The first kappa shape index (κ1) is 14.9. The quantitative estimate of drug-likeness (QED) is 0.891. The Hall–Kier alpha value is -0.450. The van der Waals surface area contributed by atoms with Gasteiger partial charge in [0.2, 0.25) is 0 Å². The van der Waals surface area contributed by atoms with Crippen LogP contribution in [0.25, 0.3) is 0 Å². The van der Waals surface area contributed by atoms with E-state index in [0.717, 1.165) is 48.7 Å². The van der Waals surface area contributed by atoms with Crippen molar-refractivity contribution in [1.29, 1.82) is 0 Å². The Bertz CT molecular complexity index is 383. The van der Waals surface area contributed by atoms with Crippen molar-refractivity contribution in [3.63, 3.8) is 0 Å². The second-order valence-corrected chi connectivity index (χ2v) is 6.22. The molecular formula is C15H22BrFN2. The second kappa shape index (κ2) is 7.36. The summed E-state index contributed by atoms with van der Waals surface area (Å²) < 4.78 is 14.2. The van der Waals surface area contributed by atoms with Gasteiger partial charge in [0, 0.05) is 11.0 Å². The highest BCUT2D eigenvalue weighted by Crippen LogP contribution is 2.20. The molecule has 1 aromatic rings. The Kier molecular flexibility index (Phi) is 5.79. The smallest absolute Gasteiger partial charge is 0.124 e. The molecule has 1 heterocycles. The first-order valence-electron chi connectivity index (χ1n) is 7.05. The highest BCUT2D eigenvalue weighted by atomic mass is 79.9. The number of likely N-dealkylation sites (tertiary alicyclic amines) is 1. The van der Waals surface area contributed by atoms with Crippen LogP contribution in [0.3, 0.4) is 0 Å². The second-order valence-electron chi connectivity index (χ2n) is 5.30. The van der Waals surface area contributed by atoms with E-state index in [2.05, 4.69) is 33.1 Å². The van der Waals surface area contributed by atoms with E-state index in [1.54, 1.807) is 6.07 Å². The van der Waals surface area contributed by atoms with Crippen molar-refractivity contribution in [3.05, 3.63) is 34.1 Å². The molecular weight excluding hydrogens is 307 g/mol. The molecule has 0 unspecified atom stereocenters. The van der Waals surface area contributed by atoms with E-state index in [1.807, 2.05) is 6.07 Å². The van der Waals surface area contributed by atoms with Crippen molar-refractivity contribution in [2.24, 2.45) is 5.92 Å². The summed E-state index contributed by atoms with van der Waals surface area (Å²) in [4.78, 5) is 2.42. The highest BCUT2D eigenvalue weighted by molar-refractivity contribution is 9.10. The lowest BCUT2D eigenvalue weighted by Crippen LogP contribution is -2.36. The normalized spacial score (nSPS) is 17.8. The molecule has 0 saturated carbocycles. The Labute approximate surface area is 123 Å². The Morgan fingerprint density at radius 2 is 2.05 bits per heavy atom. The number of piperidine rings is 1. The summed E-state index contributed by atoms with van der Waals surface area (Å²) in [6.07, 6.45) is 2.48. The predicted octanol–water partition coefficient (Wildman–Crippen LogP) is 3.41. The van der Waals surface area contributed by atoms with Crippen molar-refractivity contribution in [2.75, 3.05) is 26.2 Å². The third kappa shape index (κ3) is 4.86. The topological polar surface area (TPSA) is 15.3 Å². The van der Waals surface area contributed by atoms with Gasteiger partial charge in [-0.3, -0.25) is 4.90 Å². The van der Waals surface area contributed by atoms with Crippen LogP contribution >= 0.6 is 15.9 Å². The van der Waals surface area contributed by atoms with Crippen LogP contribution in [-0.4, -0.2) is 31.1 Å². The standard InChI is InChI=1S/C15H22BrFN2/c1-2-18-10-12-3-5-19(6-4-12)11-13-7-14(16)9-15(17)8-13/h7-9,12,18H,2-6,10-11H2,1H3. The monoisotopic (exact) mass is 328 g/mol. The van der Waals surface area contributed by atoms with Crippen LogP contribution < -0.4 is 5.32 Å². The van der Waals surface area contributed by atoms with Crippen molar-refractivity contribution >= 4 is 15.9 Å². The average Bonchev–Trinajstić information content (AvgIpc) is 2.37. The maximum absolute atomic E-state index is 13.3. The summed E-state index contributed by atoms with van der Waals surface area (Å²) >= 11 is 3.35. The molecule has 0 aliphatic carbocycles. The molecule has 1 aromatic carbocycles. The molecule has 1 aliphatic heterocycles. The molecule has 2 nitrogen and oxygen atoms in total. The summed E-state index contributed by atoms with van der Waals surface area (Å²) in [5.74, 6) is 0.641. The molecule has 0 bridgehead atoms. The van der Waals surface area contributed by atoms with E-state index in [0.29, 0.717) is 0 Å². The zero-order valence-corrected chi connectivity index (χ0v) is 13.0. The minimum atomic E-state index is -0.161. The Balaban J connectivity index is 1.82. The predicted molar refractivity (Wildman–Crippen MR) is 80.6 cm³/mol. The van der Waals surface area contributed by atoms with Gasteiger partial charge in [0.25, 0.3) is 0 Å². The fraction of sp³-hybridized carbons (Fsp3) is 0.600.